The lowest BCUT2D eigenvalue weighted by molar-refractivity contribution is -0.137. The fourth-order valence-corrected chi connectivity index (χ4v) is 4.68. The van der Waals surface area contributed by atoms with Gasteiger partial charge in [-0.1, -0.05) is 60.7 Å². The van der Waals surface area contributed by atoms with Crippen LogP contribution in [0, 0.1) is 5.82 Å². The minimum absolute atomic E-state index is 0.0312. The first kappa shape index (κ1) is 30.0. The second-order valence-corrected chi connectivity index (χ2v) is 9.67. The number of carbonyl (C=O) groups is 3. The molecule has 0 bridgehead atoms. The zero-order chi connectivity index (χ0) is 29.9. The fourth-order valence-electron chi connectivity index (χ4n) is 4.68. The van der Waals surface area contributed by atoms with E-state index >= 15 is 0 Å². The van der Waals surface area contributed by atoms with Gasteiger partial charge in [0.25, 0.3) is 11.8 Å². The first-order chi connectivity index (χ1) is 20.4. The molecule has 0 saturated carbocycles. The number of halogens is 1. The maximum Gasteiger partial charge on any atom is 0.305 e. The molecule has 8 heteroatoms. The van der Waals surface area contributed by atoms with E-state index in [2.05, 4.69) is 5.32 Å². The van der Waals surface area contributed by atoms with E-state index in [1.54, 1.807) is 60.7 Å². The monoisotopic (exact) mass is 568 g/mol. The summed E-state index contributed by atoms with van der Waals surface area (Å²) in [5.41, 5.74) is 3.41. The molecule has 4 aromatic rings. The molecule has 0 aromatic heterocycles. The number of carboxylic acid groups (broad SMARTS) is 1. The molecule has 2 amide bonds. The van der Waals surface area contributed by atoms with Crippen LogP contribution in [-0.2, 0) is 17.8 Å². The Balaban J connectivity index is 1.59. The summed E-state index contributed by atoms with van der Waals surface area (Å²) in [5, 5.41) is 12.2. The Hall–Kier alpha value is -4.98. The van der Waals surface area contributed by atoms with Crippen molar-refractivity contribution in [3.05, 3.63) is 125 Å². The van der Waals surface area contributed by atoms with Gasteiger partial charge in [0.05, 0.1) is 13.0 Å². The van der Waals surface area contributed by atoms with Gasteiger partial charge in [0.15, 0.2) is 0 Å². The Labute approximate surface area is 244 Å². The zero-order valence-corrected chi connectivity index (χ0v) is 23.4. The van der Waals surface area contributed by atoms with E-state index in [1.807, 2.05) is 31.2 Å². The number of ether oxygens (including phenoxy) is 1. The first-order valence-corrected chi connectivity index (χ1v) is 13.8. The van der Waals surface area contributed by atoms with Crippen molar-refractivity contribution in [2.24, 2.45) is 0 Å². The Morgan fingerprint density at radius 2 is 1.48 bits per heavy atom. The molecule has 0 aliphatic carbocycles. The van der Waals surface area contributed by atoms with Gasteiger partial charge in [-0.2, -0.15) is 0 Å². The second-order valence-electron chi connectivity index (χ2n) is 9.67. The van der Waals surface area contributed by atoms with Gasteiger partial charge in [0.2, 0.25) is 0 Å². The fraction of sp³-hybridized carbons (Fsp3) is 0.206. The number of rotatable bonds is 13. The van der Waals surface area contributed by atoms with E-state index in [9.17, 15) is 23.9 Å². The SMILES string of the molecule is CCOc1cccc(CCN(CCC(=O)O)C(=O)c2ccccc2-c2ccccc2C(=O)NCc2cccc(F)c2)c1. The molecule has 42 heavy (non-hydrogen) atoms. The molecule has 0 fully saturated rings. The Morgan fingerprint density at radius 1 is 0.810 bits per heavy atom. The topological polar surface area (TPSA) is 95.9 Å². The molecule has 4 rings (SSSR count). The summed E-state index contributed by atoms with van der Waals surface area (Å²) >= 11 is 0. The molecule has 0 spiro atoms. The lowest BCUT2D eigenvalue weighted by atomic mass is 9.94. The van der Waals surface area contributed by atoms with Crippen molar-refractivity contribution in [3.8, 4) is 16.9 Å². The number of aliphatic carboxylic acids is 1. The molecule has 2 N–H and O–H groups in total. The molecule has 4 aromatic carbocycles. The minimum Gasteiger partial charge on any atom is -0.494 e. The van der Waals surface area contributed by atoms with Crippen LogP contribution in [0.1, 0.15) is 45.2 Å². The highest BCUT2D eigenvalue weighted by Crippen LogP contribution is 2.29. The van der Waals surface area contributed by atoms with Gasteiger partial charge in [0, 0.05) is 30.8 Å². The molecule has 0 saturated heterocycles. The summed E-state index contributed by atoms with van der Waals surface area (Å²) in [7, 11) is 0. The van der Waals surface area contributed by atoms with Gasteiger partial charge in [-0.25, -0.2) is 4.39 Å². The van der Waals surface area contributed by atoms with Crippen LogP contribution in [0.5, 0.6) is 5.75 Å². The average Bonchev–Trinajstić information content (AvgIpc) is 3.00. The van der Waals surface area contributed by atoms with Crippen LogP contribution >= 0.6 is 0 Å². The number of hydrogen-bond donors (Lipinski definition) is 2. The minimum atomic E-state index is -1.00. The van der Waals surface area contributed by atoms with E-state index in [4.69, 9.17) is 4.74 Å². The van der Waals surface area contributed by atoms with Crippen LogP contribution in [0.15, 0.2) is 97.1 Å². The predicted octanol–water partition coefficient (Wildman–Crippen LogP) is 5.98. The predicted molar refractivity (Wildman–Crippen MR) is 159 cm³/mol. The quantitative estimate of drug-likeness (QED) is 0.207. The highest BCUT2D eigenvalue weighted by molar-refractivity contribution is 6.06. The van der Waals surface area contributed by atoms with Gasteiger partial charge >= 0.3 is 5.97 Å². The van der Waals surface area contributed by atoms with Gasteiger partial charge in [-0.05, 0) is 72.0 Å². The third kappa shape index (κ3) is 8.04. The van der Waals surface area contributed by atoms with Crippen LogP contribution < -0.4 is 10.1 Å². The highest BCUT2D eigenvalue weighted by Gasteiger charge is 2.22. The van der Waals surface area contributed by atoms with Gasteiger partial charge in [-0.15, -0.1) is 0 Å². The lowest BCUT2D eigenvalue weighted by Crippen LogP contribution is -2.35. The molecule has 0 radical (unpaired) electrons. The van der Waals surface area contributed by atoms with Crippen LogP contribution in [0.2, 0.25) is 0 Å². The van der Waals surface area contributed by atoms with E-state index in [1.165, 1.54) is 17.0 Å². The summed E-state index contributed by atoms with van der Waals surface area (Å²) in [6.07, 6.45) is 0.305. The zero-order valence-electron chi connectivity index (χ0n) is 23.4. The third-order valence-electron chi connectivity index (χ3n) is 6.72. The molecular formula is C34H33FN2O5. The molecular weight excluding hydrogens is 535 g/mol. The van der Waals surface area contributed by atoms with Gasteiger partial charge < -0.3 is 20.1 Å². The van der Waals surface area contributed by atoms with E-state index in [0.717, 1.165) is 11.3 Å². The molecule has 0 heterocycles. The molecule has 216 valence electrons. The van der Waals surface area contributed by atoms with Crippen LogP contribution in [0.25, 0.3) is 11.1 Å². The van der Waals surface area contributed by atoms with Crippen LogP contribution in [0.4, 0.5) is 4.39 Å². The summed E-state index contributed by atoms with van der Waals surface area (Å²) in [6.45, 7) is 2.91. The molecule has 0 unspecified atom stereocenters. The van der Waals surface area contributed by atoms with Crippen LogP contribution in [-0.4, -0.2) is 47.5 Å². The smallest absolute Gasteiger partial charge is 0.305 e. The van der Waals surface area contributed by atoms with Crippen molar-refractivity contribution < 1.29 is 28.6 Å². The molecule has 0 aliphatic heterocycles. The van der Waals surface area contributed by atoms with Gasteiger partial charge in [-0.3, -0.25) is 14.4 Å². The standard InChI is InChI=1S/C34H33FN2O5/c1-2-42-27-12-8-9-24(22-27)17-19-37(20-18-32(38)39)34(41)31-16-6-4-14-29(31)28-13-3-5-15-30(28)33(40)36-23-25-10-7-11-26(35)21-25/h3-16,21-22H,2,17-20,23H2,1H3,(H,36,40)(H,38,39). The number of carboxylic acids is 1. The van der Waals surface area contributed by atoms with Crippen molar-refractivity contribution in [2.75, 3.05) is 19.7 Å². The van der Waals surface area contributed by atoms with Gasteiger partial charge in [0.1, 0.15) is 11.6 Å². The van der Waals surface area contributed by atoms with Crippen molar-refractivity contribution >= 4 is 17.8 Å². The Morgan fingerprint density at radius 3 is 2.19 bits per heavy atom. The molecule has 7 nitrogen and oxygen atoms in total. The number of amides is 2. The highest BCUT2D eigenvalue weighted by atomic mass is 19.1. The summed E-state index contributed by atoms with van der Waals surface area (Å²) in [4.78, 5) is 40.1. The van der Waals surface area contributed by atoms with Crippen molar-refractivity contribution in [2.45, 2.75) is 26.3 Å². The maximum atomic E-state index is 13.9. The first-order valence-electron chi connectivity index (χ1n) is 13.8. The summed E-state index contributed by atoms with van der Waals surface area (Å²) < 4.78 is 19.2. The number of benzene rings is 4. The lowest BCUT2D eigenvalue weighted by Gasteiger charge is -2.24. The normalized spacial score (nSPS) is 10.6. The van der Waals surface area contributed by atoms with E-state index < -0.39 is 5.97 Å². The summed E-state index contributed by atoms with van der Waals surface area (Å²) in [6, 6.07) is 27.5. The molecule has 0 atom stereocenters. The van der Waals surface area contributed by atoms with Crippen molar-refractivity contribution in [3.63, 3.8) is 0 Å². The van der Waals surface area contributed by atoms with E-state index in [0.29, 0.717) is 47.4 Å². The van der Waals surface area contributed by atoms with Crippen molar-refractivity contribution in [1.29, 1.82) is 0 Å². The van der Waals surface area contributed by atoms with Crippen molar-refractivity contribution in [1.82, 2.24) is 10.2 Å². The number of nitrogens with zero attached hydrogens (tertiary/aromatic N) is 1. The second kappa shape index (κ2) is 14.6. The van der Waals surface area contributed by atoms with E-state index in [-0.39, 0.29) is 37.1 Å². The van der Waals surface area contributed by atoms with Crippen LogP contribution in [0.3, 0.4) is 0 Å². The Kier molecular flexibility index (Phi) is 10.4. The maximum absolute atomic E-state index is 13.9. The number of hydrogen-bond acceptors (Lipinski definition) is 4. The number of carbonyl (C=O) groups excluding carboxylic acids is 2. The molecule has 0 aliphatic rings. The Bertz CT molecular complexity index is 1550. The number of nitrogens with one attached hydrogen (secondary N) is 1. The third-order valence-corrected chi connectivity index (χ3v) is 6.72. The largest absolute Gasteiger partial charge is 0.494 e. The average molecular weight is 569 g/mol. The summed E-state index contributed by atoms with van der Waals surface area (Å²) in [5.74, 6) is -1.35.